The molecular weight excluding hydrogens is 964 g/mol. The van der Waals surface area contributed by atoms with Gasteiger partial charge < -0.3 is 81.2 Å². The van der Waals surface area contributed by atoms with Crippen LogP contribution in [0.25, 0.3) is 6.08 Å². The number of terminal acetylenes is 1. The van der Waals surface area contributed by atoms with Crippen LogP contribution in [-0.4, -0.2) is 173 Å². The van der Waals surface area contributed by atoms with Gasteiger partial charge in [-0.3, -0.25) is 0 Å². The average molecular weight is 1010 g/mol. The number of nitrogen functional groups attached to an aromatic ring is 1. The fourth-order valence-electron chi connectivity index (χ4n) is 6.17. The number of hydrogen-bond acceptors (Lipinski definition) is 16. The van der Waals surface area contributed by atoms with Crippen molar-refractivity contribution >= 4 is 56.9 Å². The van der Waals surface area contributed by atoms with Crippen LogP contribution in [0.2, 0.25) is 0 Å². The quantitative estimate of drug-likeness (QED) is 0.0839. The smallest absolute Gasteiger partial charge is 0.147 e. The van der Waals surface area contributed by atoms with Crippen LogP contribution in [0.3, 0.4) is 0 Å². The van der Waals surface area contributed by atoms with E-state index in [0.717, 1.165) is 20.4 Å². The fourth-order valence-corrected chi connectivity index (χ4v) is 7.02. The third kappa shape index (κ3) is 11.4. The van der Waals surface area contributed by atoms with Crippen LogP contribution in [0.5, 0.6) is 0 Å². The van der Waals surface area contributed by atoms with Crippen molar-refractivity contribution in [1.82, 2.24) is 0 Å². The van der Waals surface area contributed by atoms with Crippen molar-refractivity contribution in [3.63, 3.8) is 0 Å². The fraction of sp³-hybridized carbons (Fsp3) is 0.526. The zero-order chi connectivity index (χ0) is 40.7. The van der Waals surface area contributed by atoms with Gasteiger partial charge in [-0.2, -0.15) is 0 Å². The Hall–Kier alpha value is -2.04. The van der Waals surface area contributed by atoms with Gasteiger partial charge in [0, 0.05) is 18.4 Å². The normalized spacial score (nSPS) is 36.0. The molecule has 1 aliphatic carbocycles. The van der Waals surface area contributed by atoms with Crippen LogP contribution in [0, 0.1) is 31.3 Å². The summed E-state index contributed by atoms with van der Waals surface area (Å²) in [5.41, 5.74) is 9.48. The van der Waals surface area contributed by atoms with Crippen LogP contribution in [0.1, 0.15) is 24.1 Å². The van der Waals surface area contributed by atoms with Crippen LogP contribution in [0.15, 0.2) is 42.0 Å². The monoisotopic (exact) mass is 1010 g/mol. The molecule has 0 aromatic heterocycles. The van der Waals surface area contributed by atoms with E-state index in [1.807, 2.05) is 30.3 Å². The molecule has 0 amide bonds. The lowest BCUT2D eigenvalue weighted by atomic mass is 9.90. The molecule has 14 N–H and O–H groups in total. The van der Waals surface area contributed by atoms with E-state index >= 15 is 0 Å². The Balaban J connectivity index is 0.000000299. The molecule has 3 aliphatic heterocycles. The molecule has 310 valence electrons. The average Bonchev–Trinajstić information content (AvgIpc) is 3.60. The molecule has 0 bridgehead atoms. The molecule has 18 heteroatoms. The highest BCUT2D eigenvalue weighted by Gasteiger charge is 2.46. The van der Waals surface area contributed by atoms with Crippen molar-refractivity contribution in [3.8, 4) is 24.2 Å². The van der Waals surface area contributed by atoms with Gasteiger partial charge in [0.2, 0.25) is 0 Å². The molecule has 4 aliphatic rings. The number of benzene rings is 2. The standard InChI is InChI=1S/C23H28O10.C8H12O5.C6H5I2N.CH4/c24-8-15-18(27)20(29)17(26)14(32-15)4-2-10-1-3-11-6-13(7-12(11)5-10)23-22(31)21(30)19(28)16(9-25)33-23;1-2-4-6(10)8(12)7(11)5(3-9)13-4;7-4-1-2-5(8)6(9)3-4;/h1,3,5-6,14-31H,7-9H2;1,4-12H,3H2;1-3H,9H2;1H4/t14-,15-,16-,17-,18-,19-,20-,21+,22+,23-;4-,5-,6-,7-,8-;;/m11../s1. The van der Waals surface area contributed by atoms with E-state index < -0.39 is 111 Å². The van der Waals surface area contributed by atoms with E-state index in [4.69, 9.17) is 31.5 Å². The van der Waals surface area contributed by atoms with Gasteiger partial charge in [-0.25, -0.2) is 0 Å². The van der Waals surface area contributed by atoms with Crippen molar-refractivity contribution in [2.75, 3.05) is 25.6 Å². The minimum Gasteiger partial charge on any atom is -0.398 e. The Kier molecular flexibility index (Phi) is 18.8. The van der Waals surface area contributed by atoms with Crippen molar-refractivity contribution in [2.45, 2.75) is 105 Å². The molecule has 0 radical (unpaired) electrons. The number of hydrogen-bond donors (Lipinski definition) is 13. The predicted molar refractivity (Wildman–Crippen MR) is 218 cm³/mol. The number of fused-ring (bicyclic) bond motifs is 1. The molecule has 0 saturated carbocycles. The number of rotatable bonds is 4. The third-order valence-electron chi connectivity index (χ3n) is 9.40. The van der Waals surface area contributed by atoms with Crippen molar-refractivity contribution in [2.24, 2.45) is 0 Å². The molecule has 16 nitrogen and oxygen atoms in total. The topological polar surface area (TPSA) is 296 Å². The second-order valence-electron chi connectivity index (χ2n) is 13.2. The SMILES string of the molecule is C.C#C[C@H]1O[C@H](CO)[C@@H](O)[C@H](O)[C@@H]1O.Nc1cc(I)ccc1I.OC[C@H]1O[C@H](C2=Cc3ccc(C#C[C@H]4O[C@H](CO)[C@@H](O)[C@H](O)[C@@H]4O)cc3C2)[C@@H](O)[C@@H](O)[C@@H]1O. The Bertz CT molecular complexity index is 1730. The first-order valence-electron chi connectivity index (χ1n) is 17.0. The van der Waals surface area contributed by atoms with Crippen molar-refractivity contribution in [3.05, 3.63) is 65.8 Å². The maximum atomic E-state index is 10.4. The van der Waals surface area contributed by atoms with Crippen LogP contribution < -0.4 is 5.73 Å². The summed E-state index contributed by atoms with van der Waals surface area (Å²) in [6.45, 7) is -1.49. The predicted octanol–water partition coefficient (Wildman–Crippen LogP) is -2.76. The van der Waals surface area contributed by atoms with E-state index in [9.17, 15) is 56.2 Å². The maximum absolute atomic E-state index is 10.4. The van der Waals surface area contributed by atoms with Crippen LogP contribution in [-0.2, 0) is 20.6 Å². The number of aliphatic hydroxyl groups is 12. The molecule has 2 aromatic rings. The first-order chi connectivity index (χ1) is 26.1. The molecule has 15 atom stereocenters. The lowest BCUT2D eigenvalue weighted by Crippen LogP contribution is -2.58. The van der Waals surface area contributed by atoms with Gasteiger partial charge in [0.25, 0.3) is 0 Å². The Morgan fingerprint density at radius 1 is 0.661 bits per heavy atom. The summed E-state index contributed by atoms with van der Waals surface area (Å²) in [6, 6.07) is 11.4. The lowest BCUT2D eigenvalue weighted by molar-refractivity contribution is -0.219. The first-order valence-corrected chi connectivity index (χ1v) is 19.2. The molecular formula is C38H49I2NO15. The molecule has 3 heterocycles. The largest absolute Gasteiger partial charge is 0.398 e. The Morgan fingerprint density at radius 2 is 1.18 bits per heavy atom. The number of ether oxygens (including phenoxy) is 3. The molecule has 0 spiro atoms. The summed E-state index contributed by atoms with van der Waals surface area (Å²) in [6.07, 6.45) is -11.4. The van der Waals surface area contributed by atoms with Crippen LogP contribution >= 0.6 is 45.2 Å². The number of halogens is 2. The summed E-state index contributed by atoms with van der Waals surface area (Å²) >= 11 is 4.45. The van der Waals surface area contributed by atoms with Gasteiger partial charge >= 0.3 is 0 Å². The third-order valence-corrected chi connectivity index (χ3v) is 11.1. The van der Waals surface area contributed by atoms with Crippen LogP contribution in [0.4, 0.5) is 5.69 Å². The number of aliphatic hydroxyl groups excluding tert-OH is 12. The number of anilines is 1. The molecule has 56 heavy (non-hydrogen) atoms. The van der Waals surface area contributed by atoms with E-state index in [0.29, 0.717) is 17.6 Å². The van der Waals surface area contributed by atoms with E-state index in [2.05, 4.69) is 62.9 Å². The second kappa shape index (κ2) is 21.8. The van der Waals surface area contributed by atoms with Gasteiger partial charge in [-0.15, -0.1) is 6.42 Å². The van der Waals surface area contributed by atoms with E-state index in [-0.39, 0.29) is 7.43 Å². The molecule has 3 saturated heterocycles. The Morgan fingerprint density at radius 3 is 1.70 bits per heavy atom. The van der Waals surface area contributed by atoms with Gasteiger partial charge in [-0.05, 0) is 98.6 Å². The zero-order valence-electron chi connectivity index (χ0n) is 29.0. The maximum Gasteiger partial charge on any atom is 0.147 e. The molecule has 6 rings (SSSR count). The summed E-state index contributed by atoms with van der Waals surface area (Å²) in [5, 5.41) is 115. The minimum absolute atomic E-state index is 0. The van der Waals surface area contributed by atoms with E-state index in [1.165, 1.54) is 3.57 Å². The first kappa shape index (κ1) is 48.3. The van der Waals surface area contributed by atoms with Gasteiger partial charge in [0.15, 0.2) is 0 Å². The van der Waals surface area contributed by atoms with Crippen molar-refractivity contribution in [1.29, 1.82) is 0 Å². The summed E-state index contributed by atoms with van der Waals surface area (Å²) < 4.78 is 18.3. The molecule has 0 unspecified atom stereocenters. The number of nitrogens with two attached hydrogens (primary N) is 1. The summed E-state index contributed by atoms with van der Waals surface area (Å²) in [5.74, 6) is 7.71. The highest BCUT2D eigenvalue weighted by atomic mass is 127. The highest BCUT2D eigenvalue weighted by Crippen LogP contribution is 2.34. The molecule has 3 fully saturated rings. The van der Waals surface area contributed by atoms with Crippen molar-refractivity contribution < 1.29 is 75.5 Å². The van der Waals surface area contributed by atoms with E-state index in [1.54, 1.807) is 12.1 Å². The molecule has 2 aromatic carbocycles. The highest BCUT2D eigenvalue weighted by molar-refractivity contribution is 14.1. The van der Waals surface area contributed by atoms with Gasteiger partial charge in [0.1, 0.15) is 91.6 Å². The van der Waals surface area contributed by atoms with Gasteiger partial charge in [0.05, 0.1) is 19.8 Å². The second-order valence-corrected chi connectivity index (χ2v) is 15.6. The Labute approximate surface area is 351 Å². The summed E-state index contributed by atoms with van der Waals surface area (Å²) in [4.78, 5) is 0. The zero-order valence-corrected chi connectivity index (χ0v) is 33.3. The minimum atomic E-state index is -1.50. The lowest BCUT2D eigenvalue weighted by Gasteiger charge is -2.40. The van der Waals surface area contributed by atoms with Gasteiger partial charge in [-0.1, -0.05) is 37.3 Å². The summed E-state index contributed by atoms with van der Waals surface area (Å²) in [7, 11) is 0.